The fourth-order valence-corrected chi connectivity index (χ4v) is 11.5. The van der Waals surface area contributed by atoms with Crippen molar-refractivity contribution in [1.29, 1.82) is 0 Å². The maximum Gasteiger partial charge on any atom is 0.164 e. The summed E-state index contributed by atoms with van der Waals surface area (Å²) in [5.41, 5.74) is 22.0. The molecule has 66 heavy (non-hydrogen) atoms. The van der Waals surface area contributed by atoms with Gasteiger partial charge in [-0.2, -0.15) is 0 Å². The summed E-state index contributed by atoms with van der Waals surface area (Å²) in [6.07, 6.45) is 16.7. The van der Waals surface area contributed by atoms with Gasteiger partial charge in [-0.15, -0.1) is 0 Å². The van der Waals surface area contributed by atoms with Gasteiger partial charge in [-0.1, -0.05) is 209 Å². The van der Waals surface area contributed by atoms with Crippen molar-refractivity contribution in [2.45, 2.75) is 63.7 Å². The number of benzene rings is 7. The van der Waals surface area contributed by atoms with Gasteiger partial charge in [0.25, 0.3) is 0 Å². The van der Waals surface area contributed by atoms with Crippen LogP contribution < -0.4 is 0 Å². The molecule has 1 heterocycles. The van der Waals surface area contributed by atoms with Gasteiger partial charge in [0.15, 0.2) is 17.5 Å². The molecule has 1 atom stereocenters. The van der Waals surface area contributed by atoms with Crippen LogP contribution in [0.4, 0.5) is 0 Å². The van der Waals surface area contributed by atoms with Gasteiger partial charge in [0, 0.05) is 33.4 Å². The molecular weight excluding hydrogens is 799 g/mol. The number of aromatic nitrogens is 3. The predicted molar refractivity (Wildman–Crippen MR) is 274 cm³/mol. The number of allylic oxidation sites excluding steroid dienone is 8. The van der Waals surface area contributed by atoms with E-state index >= 15 is 0 Å². The van der Waals surface area contributed by atoms with Crippen LogP contribution in [0, 0.1) is 0 Å². The molecule has 4 aliphatic rings. The van der Waals surface area contributed by atoms with E-state index in [-0.39, 0.29) is 10.8 Å². The highest BCUT2D eigenvalue weighted by Crippen LogP contribution is 2.55. The lowest BCUT2D eigenvalue weighted by atomic mass is 9.75. The molecular formula is C63H51N3. The molecule has 0 bridgehead atoms. The van der Waals surface area contributed by atoms with E-state index < -0.39 is 0 Å². The van der Waals surface area contributed by atoms with Crippen LogP contribution in [-0.4, -0.2) is 15.0 Å². The molecule has 3 nitrogen and oxygen atoms in total. The molecule has 4 aliphatic carbocycles. The number of rotatable bonds is 7. The van der Waals surface area contributed by atoms with E-state index in [0.717, 1.165) is 52.6 Å². The maximum absolute atomic E-state index is 5.41. The van der Waals surface area contributed by atoms with Gasteiger partial charge >= 0.3 is 0 Å². The number of hydrogen-bond donors (Lipinski definition) is 0. The fraction of sp³-hybridized carbons (Fsp3) is 0.159. The largest absolute Gasteiger partial charge is 0.208 e. The van der Waals surface area contributed by atoms with Crippen LogP contribution in [0.25, 0.3) is 84.2 Å². The van der Waals surface area contributed by atoms with Crippen molar-refractivity contribution in [2.75, 3.05) is 0 Å². The quantitative estimate of drug-likeness (QED) is 0.160. The molecule has 0 spiro atoms. The molecule has 8 aromatic rings. The minimum absolute atomic E-state index is 0.116. The standard InChI is InChI=1S/C63H51N3/c1-62(2)55-27-13-11-21-51(55)53-25-15-23-49(57(53)62)46-37-47(50-24-16-26-54-52-22-12-14-28-56(52)63(3,4)58(50)54)39-48(38-46)61-65-59(44-33-29-42(30-34-44)40-17-7-5-8-18-40)64-60(66-61)45-35-31-43(32-36-45)41-19-9-6-10-20-41/h5-13,15-19,21-27,29-39,41H,14,20,28H2,1-4H3. The second-order valence-corrected chi connectivity index (χ2v) is 19.4. The van der Waals surface area contributed by atoms with Gasteiger partial charge in [-0.3, -0.25) is 0 Å². The van der Waals surface area contributed by atoms with Crippen molar-refractivity contribution < 1.29 is 0 Å². The first-order chi connectivity index (χ1) is 32.2. The fourth-order valence-electron chi connectivity index (χ4n) is 11.5. The van der Waals surface area contributed by atoms with Crippen LogP contribution in [0.1, 0.15) is 80.7 Å². The minimum atomic E-state index is -0.195. The molecule has 1 unspecified atom stereocenters. The highest BCUT2D eigenvalue weighted by molar-refractivity contribution is 5.94. The zero-order valence-electron chi connectivity index (χ0n) is 38.0. The van der Waals surface area contributed by atoms with E-state index in [1.807, 2.05) is 0 Å². The van der Waals surface area contributed by atoms with Gasteiger partial charge in [0.1, 0.15) is 0 Å². The van der Waals surface area contributed by atoms with Crippen molar-refractivity contribution in [3.63, 3.8) is 0 Å². The van der Waals surface area contributed by atoms with Crippen LogP contribution in [0.15, 0.2) is 200 Å². The molecule has 0 amide bonds. The first-order valence-corrected chi connectivity index (χ1v) is 23.5. The zero-order valence-corrected chi connectivity index (χ0v) is 38.0. The Morgan fingerprint density at radius 3 is 1.67 bits per heavy atom. The van der Waals surface area contributed by atoms with Crippen molar-refractivity contribution >= 4 is 5.57 Å². The normalized spacial score (nSPS) is 17.1. The summed E-state index contributed by atoms with van der Waals surface area (Å²) in [7, 11) is 0. The Hall–Kier alpha value is -7.49. The van der Waals surface area contributed by atoms with Crippen molar-refractivity contribution in [3.8, 4) is 78.7 Å². The summed E-state index contributed by atoms with van der Waals surface area (Å²) < 4.78 is 0. The lowest BCUT2D eigenvalue weighted by molar-refractivity contribution is 0.609. The Kier molecular flexibility index (Phi) is 9.47. The third kappa shape index (κ3) is 6.59. The van der Waals surface area contributed by atoms with E-state index in [4.69, 9.17) is 15.0 Å². The molecule has 0 saturated carbocycles. The van der Waals surface area contributed by atoms with Crippen LogP contribution in [0.5, 0.6) is 0 Å². The van der Waals surface area contributed by atoms with Gasteiger partial charge in [-0.25, -0.2) is 15.0 Å². The molecule has 0 radical (unpaired) electrons. The third-order valence-electron chi connectivity index (χ3n) is 14.8. The van der Waals surface area contributed by atoms with E-state index in [1.54, 1.807) is 0 Å². The minimum Gasteiger partial charge on any atom is -0.208 e. The Bertz CT molecular complexity index is 3360. The summed E-state index contributed by atoms with van der Waals surface area (Å²) in [6.45, 7) is 9.60. The average molecular weight is 850 g/mol. The second-order valence-electron chi connectivity index (χ2n) is 19.4. The smallest absolute Gasteiger partial charge is 0.164 e. The van der Waals surface area contributed by atoms with E-state index in [1.165, 1.54) is 66.8 Å². The van der Waals surface area contributed by atoms with E-state index in [0.29, 0.717) is 23.4 Å². The molecule has 0 fully saturated rings. The summed E-state index contributed by atoms with van der Waals surface area (Å²) >= 11 is 0. The molecule has 0 aliphatic heterocycles. The average Bonchev–Trinajstić information content (AvgIpc) is 3.76. The summed E-state index contributed by atoms with van der Waals surface area (Å²) in [5, 5.41) is 0. The first kappa shape index (κ1) is 40.1. The number of hydrogen-bond acceptors (Lipinski definition) is 3. The molecule has 3 heteroatoms. The van der Waals surface area contributed by atoms with Crippen molar-refractivity contribution in [1.82, 2.24) is 15.0 Å². The first-order valence-electron chi connectivity index (χ1n) is 23.5. The Morgan fingerprint density at radius 2 is 0.985 bits per heavy atom. The van der Waals surface area contributed by atoms with Gasteiger partial charge in [0.2, 0.25) is 0 Å². The molecule has 0 N–H and O–H groups in total. The van der Waals surface area contributed by atoms with Gasteiger partial charge < -0.3 is 0 Å². The Labute approximate surface area is 388 Å². The SMILES string of the molecule is CC1(C)C2=C(C=CCC2)c2cccc(-c3cc(-c4nc(-c5ccc(-c6ccccc6)cc5)nc(-c5ccc(C6C=CC=CC6)cc5)n4)cc(-c4cccc5c4C(C)(C)c4ccccc4-5)c3)c21. The van der Waals surface area contributed by atoms with Gasteiger partial charge in [0.05, 0.1) is 0 Å². The van der Waals surface area contributed by atoms with E-state index in [9.17, 15) is 0 Å². The number of nitrogens with zero attached hydrogens (tertiary/aromatic N) is 3. The highest BCUT2D eigenvalue weighted by atomic mass is 15.0. The highest BCUT2D eigenvalue weighted by Gasteiger charge is 2.40. The van der Waals surface area contributed by atoms with Crippen molar-refractivity contribution in [3.05, 3.63) is 228 Å². The molecule has 1 aromatic heterocycles. The number of fused-ring (bicyclic) bond motifs is 5. The maximum atomic E-state index is 5.41. The van der Waals surface area contributed by atoms with Crippen LogP contribution >= 0.6 is 0 Å². The second kappa shape index (κ2) is 15.6. The summed E-state index contributed by atoms with van der Waals surface area (Å²) in [4.78, 5) is 16.0. The lowest BCUT2D eigenvalue weighted by Gasteiger charge is -2.28. The predicted octanol–water partition coefficient (Wildman–Crippen LogP) is 16.2. The Balaban J connectivity index is 1.07. The topological polar surface area (TPSA) is 38.7 Å². The van der Waals surface area contributed by atoms with Gasteiger partial charge in [-0.05, 0) is 115 Å². The molecule has 0 saturated heterocycles. The monoisotopic (exact) mass is 849 g/mol. The molecule has 7 aromatic carbocycles. The third-order valence-corrected chi connectivity index (χ3v) is 14.8. The molecule has 12 rings (SSSR count). The Morgan fingerprint density at radius 1 is 0.439 bits per heavy atom. The summed E-state index contributed by atoms with van der Waals surface area (Å²) in [6, 6.07) is 57.7. The van der Waals surface area contributed by atoms with Crippen LogP contribution in [0.3, 0.4) is 0 Å². The van der Waals surface area contributed by atoms with E-state index in [2.05, 4.69) is 222 Å². The lowest BCUT2D eigenvalue weighted by Crippen LogP contribution is -2.19. The molecule has 318 valence electrons. The van der Waals surface area contributed by atoms with Crippen LogP contribution in [0.2, 0.25) is 0 Å². The van der Waals surface area contributed by atoms with Crippen molar-refractivity contribution in [2.24, 2.45) is 0 Å². The zero-order chi connectivity index (χ0) is 44.6. The summed E-state index contributed by atoms with van der Waals surface area (Å²) in [5.74, 6) is 2.31. The van der Waals surface area contributed by atoms with Crippen LogP contribution in [-0.2, 0) is 10.8 Å².